The number of benzene rings is 1. The maximum Gasteiger partial charge on any atom is 0.277 e. The van der Waals surface area contributed by atoms with Gasteiger partial charge in [0.15, 0.2) is 11.6 Å². The fourth-order valence-electron chi connectivity index (χ4n) is 3.52. The number of anilines is 1. The van der Waals surface area contributed by atoms with E-state index in [-0.39, 0.29) is 23.4 Å². The second kappa shape index (κ2) is 7.92. The molecule has 7 heteroatoms. The summed E-state index contributed by atoms with van der Waals surface area (Å²) in [5.41, 5.74) is 1.51. The van der Waals surface area contributed by atoms with E-state index in [9.17, 15) is 9.59 Å². The minimum atomic E-state index is -0.323. The van der Waals surface area contributed by atoms with Gasteiger partial charge in [-0.2, -0.15) is 0 Å². The molecular formula is C20H23N3O4. The van der Waals surface area contributed by atoms with E-state index in [1.807, 2.05) is 4.90 Å². The summed E-state index contributed by atoms with van der Waals surface area (Å²) >= 11 is 0. The van der Waals surface area contributed by atoms with Crippen LogP contribution in [0.15, 0.2) is 34.9 Å². The molecule has 7 nitrogen and oxygen atoms in total. The lowest BCUT2D eigenvalue weighted by atomic mass is 10.0. The highest BCUT2D eigenvalue weighted by Gasteiger charge is 2.23. The zero-order valence-electron chi connectivity index (χ0n) is 15.1. The molecule has 0 radical (unpaired) electrons. The Balaban J connectivity index is 1.38. The van der Waals surface area contributed by atoms with Crippen LogP contribution in [0.4, 0.5) is 5.69 Å². The average Bonchev–Trinajstić information content (AvgIpc) is 3.41. The summed E-state index contributed by atoms with van der Waals surface area (Å²) in [6.45, 7) is 3.02. The van der Waals surface area contributed by atoms with Gasteiger partial charge in [0.05, 0.1) is 0 Å². The molecule has 3 heterocycles. The fraction of sp³-hybridized carbons (Fsp3) is 0.450. The summed E-state index contributed by atoms with van der Waals surface area (Å²) in [7, 11) is 0. The Bertz CT molecular complexity index is 803. The number of ether oxygens (including phenoxy) is 1. The number of hydrogen-bond acceptors (Lipinski definition) is 5. The quantitative estimate of drug-likeness (QED) is 0.895. The van der Waals surface area contributed by atoms with Crippen LogP contribution < -0.4 is 5.32 Å². The molecule has 1 aromatic heterocycles. The van der Waals surface area contributed by atoms with E-state index in [4.69, 9.17) is 9.15 Å². The monoisotopic (exact) mass is 369 g/mol. The number of aromatic nitrogens is 1. The highest BCUT2D eigenvalue weighted by Crippen LogP contribution is 2.26. The maximum absolute atomic E-state index is 12.4. The summed E-state index contributed by atoms with van der Waals surface area (Å²) in [5, 5.41) is 2.80. The van der Waals surface area contributed by atoms with Crippen LogP contribution in [0.25, 0.3) is 0 Å². The molecule has 0 unspecified atom stereocenters. The Morgan fingerprint density at radius 3 is 2.48 bits per heavy atom. The van der Waals surface area contributed by atoms with E-state index in [1.165, 1.54) is 6.26 Å². The number of carbonyl (C=O) groups excluding carboxylic acids is 2. The van der Waals surface area contributed by atoms with Gasteiger partial charge in [0, 0.05) is 43.5 Å². The number of carbonyl (C=O) groups is 2. The van der Waals surface area contributed by atoms with Crippen molar-refractivity contribution in [2.24, 2.45) is 0 Å². The van der Waals surface area contributed by atoms with Gasteiger partial charge < -0.3 is 19.4 Å². The number of amides is 2. The predicted octanol–water partition coefficient (Wildman–Crippen LogP) is 3.06. The Morgan fingerprint density at radius 1 is 1.07 bits per heavy atom. The number of oxazole rings is 1. The topological polar surface area (TPSA) is 84.7 Å². The van der Waals surface area contributed by atoms with Crippen molar-refractivity contribution in [3.8, 4) is 0 Å². The third-order valence-electron chi connectivity index (χ3n) is 5.11. The van der Waals surface area contributed by atoms with Gasteiger partial charge in [0.2, 0.25) is 0 Å². The minimum Gasteiger partial charge on any atom is -0.448 e. The van der Waals surface area contributed by atoms with E-state index in [2.05, 4.69) is 10.3 Å². The zero-order chi connectivity index (χ0) is 18.6. The summed E-state index contributed by atoms with van der Waals surface area (Å²) in [6, 6.07) is 6.96. The van der Waals surface area contributed by atoms with Crippen LogP contribution >= 0.6 is 0 Å². The van der Waals surface area contributed by atoms with Crippen molar-refractivity contribution in [1.82, 2.24) is 9.88 Å². The third kappa shape index (κ3) is 4.03. The van der Waals surface area contributed by atoms with Crippen LogP contribution in [0.3, 0.4) is 0 Å². The van der Waals surface area contributed by atoms with Gasteiger partial charge in [0.1, 0.15) is 6.26 Å². The first-order valence-electron chi connectivity index (χ1n) is 9.44. The van der Waals surface area contributed by atoms with Crippen LogP contribution in [0.1, 0.15) is 58.3 Å². The van der Waals surface area contributed by atoms with E-state index in [0.29, 0.717) is 30.4 Å². The van der Waals surface area contributed by atoms with Gasteiger partial charge in [-0.05, 0) is 49.9 Å². The molecule has 142 valence electrons. The molecule has 2 saturated heterocycles. The second-order valence-corrected chi connectivity index (χ2v) is 6.99. The lowest BCUT2D eigenvalue weighted by molar-refractivity contribution is 0.0791. The van der Waals surface area contributed by atoms with Crippen molar-refractivity contribution in [3.05, 3.63) is 47.7 Å². The van der Waals surface area contributed by atoms with Gasteiger partial charge in [-0.15, -0.1) is 0 Å². The molecule has 1 aromatic carbocycles. The van der Waals surface area contributed by atoms with Gasteiger partial charge in [0.25, 0.3) is 11.8 Å². The van der Waals surface area contributed by atoms with E-state index in [1.54, 1.807) is 24.3 Å². The molecular weight excluding hydrogens is 346 g/mol. The number of nitrogens with one attached hydrogen (secondary N) is 1. The lowest BCUT2D eigenvalue weighted by Crippen LogP contribution is -2.27. The normalized spacial score (nSPS) is 17.9. The minimum absolute atomic E-state index is 0.0444. The number of likely N-dealkylation sites (tertiary alicyclic amines) is 1. The van der Waals surface area contributed by atoms with Crippen molar-refractivity contribution in [3.63, 3.8) is 0 Å². The molecule has 2 fully saturated rings. The van der Waals surface area contributed by atoms with Crippen molar-refractivity contribution in [2.45, 2.75) is 31.6 Å². The Morgan fingerprint density at radius 2 is 1.78 bits per heavy atom. The molecule has 27 heavy (non-hydrogen) atoms. The third-order valence-corrected chi connectivity index (χ3v) is 5.11. The van der Waals surface area contributed by atoms with Gasteiger partial charge in [-0.1, -0.05) is 0 Å². The Kier molecular flexibility index (Phi) is 5.20. The largest absolute Gasteiger partial charge is 0.448 e. The average molecular weight is 369 g/mol. The van der Waals surface area contributed by atoms with Gasteiger partial charge in [-0.3, -0.25) is 9.59 Å². The first-order valence-corrected chi connectivity index (χ1v) is 9.44. The van der Waals surface area contributed by atoms with Crippen LogP contribution in [0, 0.1) is 0 Å². The van der Waals surface area contributed by atoms with Crippen LogP contribution in [0.2, 0.25) is 0 Å². The highest BCUT2D eigenvalue weighted by atomic mass is 16.5. The SMILES string of the molecule is O=C(Nc1ccc(C(=O)N2CCCC2)cc1)c1coc(C2CCOCC2)n1. The molecule has 2 aliphatic heterocycles. The molecule has 0 bridgehead atoms. The van der Waals surface area contributed by atoms with Crippen molar-refractivity contribution >= 4 is 17.5 Å². The van der Waals surface area contributed by atoms with Crippen molar-refractivity contribution in [1.29, 1.82) is 0 Å². The molecule has 2 aromatic rings. The lowest BCUT2D eigenvalue weighted by Gasteiger charge is -2.18. The summed E-state index contributed by atoms with van der Waals surface area (Å²) in [5.74, 6) is 0.518. The fourth-order valence-corrected chi connectivity index (χ4v) is 3.52. The standard InChI is InChI=1S/C20H23N3O4/c24-18(17-13-27-19(22-17)14-7-11-26-12-8-14)21-16-5-3-15(4-6-16)20(25)23-9-1-2-10-23/h3-6,13-14H,1-2,7-12H2,(H,21,24). The molecule has 0 saturated carbocycles. The Hall–Kier alpha value is -2.67. The molecule has 0 atom stereocenters. The smallest absolute Gasteiger partial charge is 0.277 e. The number of nitrogens with zero attached hydrogens (tertiary/aromatic N) is 2. The van der Waals surface area contributed by atoms with E-state index < -0.39 is 0 Å². The van der Waals surface area contributed by atoms with E-state index in [0.717, 1.165) is 38.8 Å². The summed E-state index contributed by atoms with van der Waals surface area (Å²) in [4.78, 5) is 31.0. The molecule has 0 aliphatic carbocycles. The molecule has 1 N–H and O–H groups in total. The van der Waals surface area contributed by atoms with E-state index >= 15 is 0 Å². The Labute approximate surface area is 157 Å². The molecule has 0 spiro atoms. The highest BCUT2D eigenvalue weighted by molar-refractivity contribution is 6.03. The summed E-state index contributed by atoms with van der Waals surface area (Å²) in [6.07, 6.45) is 5.23. The molecule has 2 amide bonds. The molecule has 2 aliphatic rings. The van der Waals surface area contributed by atoms with Crippen LogP contribution in [-0.4, -0.2) is 48.0 Å². The summed E-state index contributed by atoms with van der Waals surface area (Å²) < 4.78 is 10.8. The van der Waals surface area contributed by atoms with Gasteiger partial charge in [-0.25, -0.2) is 4.98 Å². The second-order valence-electron chi connectivity index (χ2n) is 6.99. The van der Waals surface area contributed by atoms with Gasteiger partial charge >= 0.3 is 0 Å². The maximum atomic E-state index is 12.4. The first kappa shape index (κ1) is 17.7. The first-order chi connectivity index (χ1) is 13.2. The zero-order valence-corrected chi connectivity index (χ0v) is 15.1. The molecule has 4 rings (SSSR count). The van der Waals surface area contributed by atoms with Crippen LogP contribution in [-0.2, 0) is 4.74 Å². The number of hydrogen-bond donors (Lipinski definition) is 1. The van der Waals surface area contributed by atoms with Crippen LogP contribution in [0.5, 0.6) is 0 Å². The predicted molar refractivity (Wildman–Crippen MR) is 98.8 cm³/mol. The van der Waals surface area contributed by atoms with Crippen molar-refractivity contribution < 1.29 is 18.7 Å². The van der Waals surface area contributed by atoms with Crippen molar-refractivity contribution in [2.75, 3.05) is 31.6 Å². The number of rotatable bonds is 4.